The first-order chi connectivity index (χ1) is 45.5. The molecule has 5 aliphatic rings. The molecule has 0 aliphatic carbocycles. The monoisotopic (exact) mass is 1290 g/mol. The Kier molecular flexibility index (Phi) is 17.2. The minimum atomic E-state index is -4.76. The smallest absolute Gasteiger partial charge is 0.366 e. The van der Waals surface area contributed by atoms with Crippen LogP contribution in [-0.2, 0) is 57.4 Å². The molecule has 0 spiro atoms. The van der Waals surface area contributed by atoms with Crippen LogP contribution in [0.3, 0.4) is 0 Å². The van der Waals surface area contributed by atoms with Gasteiger partial charge in [0.15, 0.2) is 17.7 Å². The van der Waals surface area contributed by atoms with Crippen molar-refractivity contribution < 1.29 is 40.7 Å². The molecule has 2 unspecified atom stereocenters. The van der Waals surface area contributed by atoms with Gasteiger partial charge in [0.2, 0.25) is 0 Å². The number of likely N-dealkylation sites (tertiary alicyclic amines) is 2. The molecular formula is C69H66F6N17O3+. The van der Waals surface area contributed by atoms with E-state index in [-0.39, 0.29) is 71.6 Å². The van der Waals surface area contributed by atoms with Crippen molar-refractivity contribution in [3.8, 4) is 63.2 Å². The second-order valence-corrected chi connectivity index (χ2v) is 25.6. The van der Waals surface area contributed by atoms with Gasteiger partial charge in [-0.3, -0.25) is 29.2 Å². The van der Waals surface area contributed by atoms with Crippen molar-refractivity contribution in [2.45, 2.75) is 110 Å². The average molecular weight is 1300 g/mol. The molecule has 0 saturated carbocycles. The zero-order valence-electron chi connectivity index (χ0n) is 52.7. The fourth-order valence-electron chi connectivity index (χ4n) is 13.6. The molecule has 0 radical (unpaired) electrons. The van der Waals surface area contributed by atoms with Gasteiger partial charge in [0.05, 0.1) is 54.9 Å². The third kappa shape index (κ3) is 13.2. The number of alkyl halides is 6. The number of hydrogen-bond acceptors (Lipinski definition) is 15. The molecule has 5 aliphatic heterocycles. The molecule has 3 fully saturated rings. The lowest BCUT2D eigenvalue weighted by molar-refractivity contribution is -0.139. The fraction of sp³-hybridized carbons (Fsp3) is 0.377. The fourth-order valence-corrected chi connectivity index (χ4v) is 13.6. The molecule has 4 aromatic heterocycles. The number of pyridine rings is 2. The summed E-state index contributed by atoms with van der Waals surface area (Å²) in [5.74, 6) is 0.955. The van der Waals surface area contributed by atoms with Crippen LogP contribution in [-0.4, -0.2) is 112 Å². The second kappa shape index (κ2) is 25.7. The van der Waals surface area contributed by atoms with Gasteiger partial charge in [0, 0.05) is 68.6 Å². The van der Waals surface area contributed by atoms with E-state index in [9.17, 15) is 20.1 Å². The maximum Gasteiger partial charge on any atom is 0.416 e. The summed E-state index contributed by atoms with van der Waals surface area (Å²) in [5.41, 5.74) is 2.62. The highest BCUT2D eigenvalue weighted by Crippen LogP contribution is 2.45. The standard InChI is InChI=1S/C69H66F6N17O3/c1-39-8-6-16-89(30-39)32-44-20-52-54(56(22-44)68(70,71)72)34-91(66(52)93)61-26-46(24-59(83-61)81-41(3)14-15-76)49-13-11-43(19-51(49)64-86-80-38-88(64)5)29-78-65-58(36-95-65)82-60-25-47(48-12-10-42(28-77)18-50(48)63-85-79-37-87(63)4)27-62(84-60)92-35-55-53(67(92)94)21-45(23-57(55)69(73,74)75)33-90-17-7-9-40(2)31-90/h10-13,18-27,37-41,58,65H,6-9,14,16-17,30-36H2,1-5H3,(H,81,83)(H,82,84)/q+1/t39-,40-,41-,58?,65?/m0/s1. The number of carbonyl (C=O) groups is 2. The highest BCUT2D eigenvalue weighted by atomic mass is 19.4. The van der Waals surface area contributed by atoms with Crippen molar-refractivity contribution in [2.24, 2.45) is 25.9 Å². The number of ether oxygens (including phenoxy) is 1. The number of nitriles is 2. The molecule has 9 heterocycles. The first kappa shape index (κ1) is 63.7. The van der Waals surface area contributed by atoms with Crippen LogP contribution in [0.4, 0.5) is 49.6 Å². The van der Waals surface area contributed by atoms with Gasteiger partial charge in [-0.25, -0.2) is 9.97 Å². The number of halogens is 6. The quantitative estimate of drug-likeness (QED) is 0.0912. The molecule has 26 heteroatoms. The van der Waals surface area contributed by atoms with Crippen molar-refractivity contribution in [3.63, 3.8) is 0 Å². The van der Waals surface area contributed by atoms with Crippen LogP contribution >= 0.6 is 0 Å². The Balaban J connectivity index is 0.828. The summed E-state index contributed by atoms with van der Waals surface area (Å²) in [6, 6.07) is 29.0. The molecule has 3 saturated heterocycles. The minimum Gasteiger partial charge on any atom is -0.366 e. The first-order valence-corrected chi connectivity index (χ1v) is 31.5. The van der Waals surface area contributed by atoms with Crippen LogP contribution in [0.1, 0.15) is 118 Å². The van der Waals surface area contributed by atoms with E-state index in [1.807, 2.05) is 0 Å². The Morgan fingerprint density at radius 1 is 0.653 bits per heavy atom. The summed E-state index contributed by atoms with van der Waals surface area (Å²) >= 11 is 0. The van der Waals surface area contributed by atoms with Gasteiger partial charge < -0.3 is 24.5 Å². The van der Waals surface area contributed by atoms with Gasteiger partial charge >= 0.3 is 24.6 Å². The van der Waals surface area contributed by atoms with E-state index in [1.165, 1.54) is 22.5 Å². The van der Waals surface area contributed by atoms with Gasteiger partial charge in [-0.2, -0.15) is 36.9 Å². The van der Waals surface area contributed by atoms with Gasteiger partial charge in [-0.15, -0.1) is 20.4 Å². The van der Waals surface area contributed by atoms with Crippen LogP contribution < -0.4 is 20.4 Å². The highest BCUT2D eigenvalue weighted by Gasteiger charge is 2.45. The van der Waals surface area contributed by atoms with Crippen molar-refractivity contribution in [3.05, 3.63) is 158 Å². The lowest BCUT2D eigenvalue weighted by Crippen LogP contribution is -2.48. The Hall–Kier alpha value is -10.1. The predicted octanol–water partition coefficient (Wildman–Crippen LogP) is 12.3. The average Bonchev–Trinajstić information content (AvgIpc) is 1.50. The van der Waals surface area contributed by atoms with Crippen molar-refractivity contribution in [1.82, 2.24) is 49.3 Å². The van der Waals surface area contributed by atoms with E-state index in [4.69, 9.17) is 19.5 Å². The van der Waals surface area contributed by atoms with E-state index in [2.05, 4.69) is 72.9 Å². The molecule has 2 amide bonds. The lowest BCUT2D eigenvalue weighted by Gasteiger charge is -2.31. The number of aryl methyl sites for hydroxylation is 2. The zero-order valence-corrected chi connectivity index (χ0v) is 52.7. The summed E-state index contributed by atoms with van der Waals surface area (Å²) in [5, 5.41) is 43.3. The van der Waals surface area contributed by atoms with E-state index < -0.39 is 66.7 Å². The molecule has 95 heavy (non-hydrogen) atoms. The Labute approximate surface area is 543 Å². The number of piperidine rings is 2. The summed E-state index contributed by atoms with van der Waals surface area (Å²) in [4.78, 5) is 50.5. The third-order valence-corrected chi connectivity index (χ3v) is 18.2. The Morgan fingerprint density at radius 2 is 1.16 bits per heavy atom. The predicted molar refractivity (Wildman–Crippen MR) is 342 cm³/mol. The number of amides is 2. The number of nitrogens with zero attached hydrogens (tertiary/aromatic N) is 15. The number of nitrogens with one attached hydrogen (secondary N) is 2. The number of anilines is 4. The normalized spacial score (nSPS) is 19.3. The molecule has 13 rings (SSSR count). The SMILES string of the molecule is C[C@H]1CCCN(Cc2cc3c(c(C(F)(F)F)c2)CN(c2cc(-c4ccc(C#N)cc4-c4nncn4C)cc(NC4COC4[N+]#Cc4ccc(-c5cc(N[C@@H](C)CC#N)nc(N6Cc7c(cc(CN8CCC[C@H](C)C8)cc7C(F)(F)F)C6=O)c5)c(-c5nncn5C)c4)n2)C3=O)C1. The number of rotatable bonds is 15. The second-order valence-electron chi connectivity index (χ2n) is 25.6. The molecule has 20 nitrogen and oxygen atoms in total. The van der Waals surface area contributed by atoms with Gasteiger partial charge in [-0.1, -0.05) is 26.0 Å². The van der Waals surface area contributed by atoms with Crippen LogP contribution in [0.25, 0.3) is 49.9 Å². The molecule has 2 N–H and O–H groups in total. The Morgan fingerprint density at radius 3 is 1.62 bits per heavy atom. The molecule has 5 atom stereocenters. The van der Waals surface area contributed by atoms with Gasteiger partial charge in [0.25, 0.3) is 11.8 Å². The summed E-state index contributed by atoms with van der Waals surface area (Å²) in [7, 11) is 3.51. The van der Waals surface area contributed by atoms with Gasteiger partial charge in [0.1, 0.15) is 41.5 Å². The largest absolute Gasteiger partial charge is 0.416 e. The summed E-state index contributed by atoms with van der Waals surface area (Å²) in [6.07, 6.45) is -3.33. The zero-order chi connectivity index (χ0) is 66.6. The van der Waals surface area contributed by atoms with E-state index >= 15 is 26.3 Å². The lowest BCUT2D eigenvalue weighted by atomic mass is 9.96. The van der Waals surface area contributed by atoms with Crippen molar-refractivity contribution in [1.29, 1.82) is 10.5 Å². The van der Waals surface area contributed by atoms with Gasteiger partial charge in [-0.05, 0) is 180 Å². The molecule has 486 valence electrons. The maximum absolute atomic E-state index is 15.1. The van der Waals surface area contributed by atoms with Crippen molar-refractivity contribution in [2.75, 3.05) is 53.2 Å². The molecule has 0 bridgehead atoms. The van der Waals surface area contributed by atoms with Crippen LogP contribution in [0, 0.1) is 40.6 Å². The number of carbonyl (C=O) groups excluding carboxylic acids is 2. The van der Waals surface area contributed by atoms with Crippen molar-refractivity contribution >= 4 is 35.1 Å². The van der Waals surface area contributed by atoms with Crippen LogP contribution in [0.15, 0.2) is 97.6 Å². The number of aromatic nitrogens is 8. The number of hydrogen-bond donors (Lipinski definition) is 2. The molecule has 8 aromatic rings. The summed E-state index contributed by atoms with van der Waals surface area (Å²) in [6.45, 7) is 8.84. The van der Waals surface area contributed by atoms with Crippen LogP contribution in [0.2, 0.25) is 0 Å². The van der Waals surface area contributed by atoms with E-state index in [0.29, 0.717) is 79.1 Å². The molecular weight excluding hydrogens is 1230 g/mol. The maximum atomic E-state index is 15.1. The Bertz CT molecular complexity index is 4500. The van der Waals surface area contributed by atoms with E-state index in [0.717, 1.165) is 64.0 Å². The van der Waals surface area contributed by atoms with E-state index in [1.54, 1.807) is 103 Å². The third-order valence-electron chi connectivity index (χ3n) is 18.2. The topological polar surface area (TPSA) is 220 Å². The van der Waals surface area contributed by atoms with Crippen LogP contribution in [0.5, 0.6) is 0 Å². The highest BCUT2D eigenvalue weighted by molar-refractivity contribution is 6.11. The number of fused-ring (bicyclic) bond motifs is 2. The first-order valence-electron chi connectivity index (χ1n) is 31.5. The molecule has 4 aromatic carbocycles. The minimum absolute atomic E-state index is 0.0423. The number of benzene rings is 4. The summed E-state index contributed by atoms with van der Waals surface area (Å²) < 4.78 is 99.8.